The lowest BCUT2D eigenvalue weighted by atomic mass is 9.87. The first-order valence-electron chi connectivity index (χ1n) is 7.47. The topological polar surface area (TPSA) is 54.3 Å². The van der Waals surface area contributed by atoms with E-state index in [1.807, 2.05) is 44.2 Å². The number of carbonyl (C=O) groups is 1. The minimum Gasteiger partial charge on any atom is -0.466 e. The van der Waals surface area contributed by atoms with E-state index >= 15 is 0 Å². The second-order valence-electron chi connectivity index (χ2n) is 6.57. The van der Waals surface area contributed by atoms with Crippen LogP contribution in [0.1, 0.15) is 43.4 Å². The van der Waals surface area contributed by atoms with Gasteiger partial charge in [0, 0.05) is 17.8 Å². The first kappa shape index (κ1) is 16.1. The van der Waals surface area contributed by atoms with E-state index in [2.05, 4.69) is 31.4 Å². The van der Waals surface area contributed by atoms with E-state index in [-0.39, 0.29) is 11.4 Å². The average Bonchev–Trinajstić information content (AvgIpc) is 2.74. The van der Waals surface area contributed by atoms with Crippen LogP contribution in [0.3, 0.4) is 0 Å². The number of hydrogen-bond donors (Lipinski definition) is 2. The van der Waals surface area contributed by atoms with E-state index in [4.69, 9.17) is 4.42 Å². The maximum absolute atomic E-state index is 11.9. The SMILES string of the molecule is Cc1cc(CNC(=O)Nc2ccc(C(C)(C)C)cc2)c(C)o1. The molecular weight excluding hydrogens is 276 g/mol. The molecule has 0 saturated heterocycles. The number of nitrogens with one attached hydrogen (secondary N) is 2. The van der Waals surface area contributed by atoms with Crippen molar-refractivity contribution < 1.29 is 9.21 Å². The third-order valence-corrected chi connectivity index (χ3v) is 3.59. The van der Waals surface area contributed by atoms with Crippen LogP contribution in [0.5, 0.6) is 0 Å². The molecule has 118 valence electrons. The summed E-state index contributed by atoms with van der Waals surface area (Å²) in [5.41, 5.74) is 3.13. The summed E-state index contributed by atoms with van der Waals surface area (Å²) in [7, 11) is 0. The first-order valence-corrected chi connectivity index (χ1v) is 7.47. The summed E-state index contributed by atoms with van der Waals surface area (Å²) in [6.07, 6.45) is 0. The molecule has 2 aromatic rings. The van der Waals surface area contributed by atoms with Gasteiger partial charge in [0.1, 0.15) is 11.5 Å². The lowest BCUT2D eigenvalue weighted by Crippen LogP contribution is -2.28. The summed E-state index contributed by atoms with van der Waals surface area (Å²) in [4.78, 5) is 11.9. The van der Waals surface area contributed by atoms with Gasteiger partial charge in [-0.1, -0.05) is 32.9 Å². The molecule has 1 heterocycles. The number of benzene rings is 1. The van der Waals surface area contributed by atoms with Gasteiger partial charge in [0.2, 0.25) is 0 Å². The lowest BCUT2D eigenvalue weighted by molar-refractivity contribution is 0.251. The average molecular weight is 300 g/mol. The molecule has 0 saturated carbocycles. The molecule has 2 N–H and O–H groups in total. The quantitative estimate of drug-likeness (QED) is 0.876. The molecule has 4 nitrogen and oxygen atoms in total. The number of hydrogen-bond acceptors (Lipinski definition) is 2. The van der Waals surface area contributed by atoms with Crippen molar-refractivity contribution in [2.45, 2.75) is 46.6 Å². The van der Waals surface area contributed by atoms with Gasteiger partial charge in [-0.25, -0.2) is 4.79 Å². The summed E-state index contributed by atoms with van der Waals surface area (Å²) in [5.74, 6) is 1.69. The van der Waals surface area contributed by atoms with Gasteiger partial charge in [0.15, 0.2) is 0 Å². The Labute approximate surface area is 131 Å². The molecule has 2 amide bonds. The highest BCUT2D eigenvalue weighted by Crippen LogP contribution is 2.23. The van der Waals surface area contributed by atoms with Crippen LogP contribution in [0, 0.1) is 13.8 Å². The Kier molecular flexibility index (Phi) is 4.59. The molecule has 0 unspecified atom stereocenters. The minimum absolute atomic E-state index is 0.109. The van der Waals surface area contributed by atoms with Gasteiger partial charge in [0.05, 0.1) is 0 Å². The molecule has 0 radical (unpaired) electrons. The Hall–Kier alpha value is -2.23. The lowest BCUT2D eigenvalue weighted by Gasteiger charge is -2.19. The Balaban J connectivity index is 1.91. The third kappa shape index (κ3) is 4.13. The second-order valence-corrected chi connectivity index (χ2v) is 6.57. The summed E-state index contributed by atoms with van der Waals surface area (Å²) in [5, 5.41) is 5.67. The normalized spacial score (nSPS) is 11.3. The number of furan rings is 1. The van der Waals surface area contributed by atoms with Crippen LogP contribution >= 0.6 is 0 Å². The van der Waals surface area contributed by atoms with E-state index in [9.17, 15) is 4.79 Å². The van der Waals surface area contributed by atoms with Crippen molar-refractivity contribution in [2.75, 3.05) is 5.32 Å². The van der Waals surface area contributed by atoms with Crippen molar-refractivity contribution >= 4 is 11.7 Å². The third-order valence-electron chi connectivity index (χ3n) is 3.59. The van der Waals surface area contributed by atoms with Gasteiger partial charge in [-0.3, -0.25) is 0 Å². The van der Waals surface area contributed by atoms with Crippen molar-refractivity contribution in [3.05, 3.63) is 53.0 Å². The molecular formula is C18H24N2O2. The molecule has 22 heavy (non-hydrogen) atoms. The Morgan fingerprint density at radius 1 is 1.14 bits per heavy atom. The maximum atomic E-state index is 11.9. The summed E-state index contributed by atoms with van der Waals surface area (Å²) in [6, 6.07) is 9.65. The summed E-state index contributed by atoms with van der Waals surface area (Å²) < 4.78 is 5.44. The van der Waals surface area contributed by atoms with Crippen LogP contribution in [0.25, 0.3) is 0 Å². The smallest absolute Gasteiger partial charge is 0.319 e. The van der Waals surface area contributed by atoms with E-state index in [0.717, 1.165) is 22.8 Å². The van der Waals surface area contributed by atoms with Gasteiger partial charge in [-0.05, 0) is 43.0 Å². The van der Waals surface area contributed by atoms with Crippen LogP contribution in [-0.2, 0) is 12.0 Å². The molecule has 0 spiro atoms. The van der Waals surface area contributed by atoms with Crippen molar-refractivity contribution in [1.82, 2.24) is 5.32 Å². The maximum Gasteiger partial charge on any atom is 0.319 e. The molecule has 1 aromatic carbocycles. The fourth-order valence-electron chi connectivity index (χ4n) is 2.26. The molecule has 2 rings (SSSR count). The van der Waals surface area contributed by atoms with Crippen LogP contribution < -0.4 is 10.6 Å². The summed E-state index contributed by atoms with van der Waals surface area (Å²) in [6.45, 7) is 10.7. The van der Waals surface area contributed by atoms with Crippen LogP contribution in [-0.4, -0.2) is 6.03 Å². The van der Waals surface area contributed by atoms with Gasteiger partial charge >= 0.3 is 6.03 Å². The van der Waals surface area contributed by atoms with Crippen molar-refractivity contribution in [1.29, 1.82) is 0 Å². The van der Waals surface area contributed by atoms with E-state index in [1.54, 1.807) is 0 Å². The predicted octanol–water partition coefficient (Wildman–Crippen LogP) is 4.52. The van der Waals surface area contributed by atoms with Gasteiger partial charge < -0.3 is 15.1 Å². The standard InChI is InChI=1S/C18H24N2O2/c1-12-10-14(13(2)22-12)11-19-17(21)20-16-8-6-15(7-9-16)18(3,4)5/h6-10H,11H2,1-5H3,(H2,19,20,21). The van der Waals surface area contributed by atoms with E-state index in [1.165, 1.54) is 5.56 Å². The van der Waals surface area contributed by atoms with Crippen LogP contribution in [0.2, 0.25) is 0 Å². The number of rotatable bonds is 3. The van der Waals surface area contributed by atoms with Crippen LogP contribution in [0.4, 0.5) is 10.5 Å². The highest BCUT2D eigenvalue weighted by atomic mass is 16.3. The largest absolute Gasteiger partial charge is 0.466 e. The van der Waals surface area contributed by atoms with E-state index in [0.29, 0.717) is 6.54 Å². The number of anilines is 1. The Morgan fingerprint density at radius 3 is 2.27 bits per heavy atom. The summed E-state index contributed by atoms with van der Waals surface area (Å²) >= 11 is 0. The van der Waals surface area contributed by atoms with Crippen LogP contribution in [0.15, 0.2) is 34.7 Å². The number of aryl methyl sites for hydroxylation is 2. The monoisotopic (exact) mass is 300 g/mol. The Bertz CT molecular complexity index is 649. The molecule has 4 heteroatoms. The Morgan fingerprint density at radius 2 is 1.77 bits per heavy atom. The van der Waals surface area contributed by atoms with Crippen molar-refractivity contribution in [3.8, 4) is 0 Å². The molecule has 0 aliphatic heterocycles. The highest BCUT2D eigenvalue weighted by Gasteiger charge is 2.13. The number of urea groups is 1. The highest BCUT2D eigenvalue weighted by molar-refractivity contribution is 5.89. The molecule has 0 bridgehead atoms. The predicted molar refractivity (Wildman–Crippen MR) is 89.2 cm³/mol. The van der Waals surface area contributed by atoms with Gasteiger partial charge in [0.25, 0.3) is 0 Å². The zero-order valence-electron chi connectivity index (χ0n) is 13.9. The van der Waals surface area contributed by atoms with E-state index < -0.39 is 0 Å². The number of carbonyl (C=O) groups excluding carboxylic acids is 1. The molecule has 0 aliphatic rings. The van der Waals surface area contributed by atoms with Crippen molar-refractivity contribution in [2.24, 2.45) is 0 Å². The molecule has 0 fully saturated rings. The fourth-order valence-corrected chi connectivity index (χ4v) is 2.26. The number of amides is 2. The molecule has 1 aromatic heterocycles. The second kappa shape index (κ2) is 6.26. The zero-order valence-corrected chi connectivity index (χ0v) is 13.9. The zero-order chi connectivity index (χ0) is 16.3. The van der Waals surface area contributed by atoms with Gasteiger partial charge in [-0.15, -0.1) is 0 Å². The minimum atomic E-state index is -0.221. The molecule has 0 aliphatic carbocycles. The first-order chi connectivity index (χ1) is 10.3. The fraction of sp³-hybridized carbons (Fsp3) is 0.389. The van der Waals surface area contributed by atoms with Crippen molar-refractivity contribution in [3.63, 3.8) is 0 Å². The van der Waals surface area contributed by atoms with Gasteiger partial charge in [-0.2, -0.15) is 0 Å². The molecule has 0 atom stereocenters.